The van der Waals surface area contributed by atoms with Gasteiger partial charge in [-0.15, -0.1) is 0 Å². The first kappa shape index (κ1) is 24.3. The molecule has 1 amide bonds. The quantitative estimate of drug-likeness (QED) is 0.569. The van der Waals surface area contributed by atoms with Crippen molar-refractivity contribution in [1.82, 2.24) is 10.2 Å². The van der Waals surface area contributed by atoms with Gasteiger partial charge in [-0.1, -0.05) is 57.2 Å². The van der Waals surface area contributed by atoms with Crippen LogP contribution in [0, 0.1) is 0 Å². The number of carbonyl (C=O) groups excluding carboxylic acids is 1. The lowest BCUT2D eigenvalue weighted by molar-refractivity contribution is -0.121. The van der Waals surface area contributed by atoms with E-state index in [1.807, 2.05) is 12.1 Å². The molecule has 3 rings (SSSR count). The number of carbonyl (C=O) groups is 1. The molecule has 0 atom stereocenters. The Morgan fingerprint density at radius 2 is 1.66 bits per heavy atom. The van der Waals surface area contributed by atoms with E-state index in [1.165, 1.54) is 11.1 Å². The number of nitrogens with zero attached hydrogens (tertiary/aromatic N) is 1. The van der Waals surface area contributed by atoms with Crippen molar-refractivity contribution in [2.45, 2.75) is 71.1 Å². The van der Waals surface area contributed by atoms with Gasteiger partial charge in [-0.25, -0.2) is 0 Å². The molecule has 1 fully saturated rings. The summed E-state index contributed by atoms with van der Waals surface area (Å²) in [6.07, 6.45) is 2.73. The van der Waals surface area contributed by atoms with Crippen LogP contribution in [0.15, 0.2) is 48.5 Å². The van der Waals surface area contributed by atoms with Crippen LogP contribution >= 0.6 is 0 Å². The molecule has 5 nitrogen and oxygen atoms in total. The summed E-state index contributed by atoms with van der Waals surface area (Å²) in [4.78, 5) is 14.5. The maximum Gasteiger partial charge on any atom is 0.220 e. The number of hydrogen-bond donors (Lipinski definition) is 2. The highest BCUT2D eigenvalue weighted by Crippen LogP contribution is 2.24. The van der Waals surface area contributed by atoms with Gasteiger partial charge in [0.05, 0.1) is 12.7 Å². The second kappa shape index (κ2) is 11.5. The smallest absolute Gasteiger partial charge is 0.220 e. The molecule has 0 aliphatic carbocycles. The van der Waals surface area contributed by atoms with Crippen LogP contribution in [-0.4, -0.2) is 41.7 Å². The van der Waals surface area contributed by atoms with Crippen molar-refractivity contribution in [3.05, 3.63) is 65.2 Å². The van der Waals surface area contributed by atoms with E-state index >= 15 is 0 Å². The van der Waals surface area contributed by atoms with Crippen LogP contribution < -0.4 is 10.1 Å². The second-order valence-corrected chi connectivity index (χ2v) is 9.83. The molecule has 0 unspecified atom stereocenters. The van der Waals surface area contributed by atoms with Gasteiger partial charge in [-0.05, 0) is 53.5 Å². The maximum absolute atomic E-state index is 12.1. The average molecular weight is 439 g/mol. The molecule has 0 bridgehead atoms. The molecule has 2 aromatic carbocycles. The standard InChI is InChI=1S/C27H38N2O3/c1-27(2,3)23-10-12-25(13-11-23)32-18-4-5-26(31)28-19-21-6-8-22(9-7-21)20-29-16-14-24(30)15-17-29/h6-13,24,30H,4-5,14-20H2,1-3H3,(H,28,31). The summed E-state index contributed by atoms with van der Waals surface area (Å²) in [5, 5.41) is 12.6. The van der Waals surface area contributed by atoms with Crippen molar-refractivity contribution >= 4 is 5.91 Å². The highest BCUT2D eigenvalue weighted by molar-refractivity contribution is 5.75. The summed E-state index contributed by atoms with van der Waals surface area (Å²) >= 11 is 0. The number of benzene rings is 2. The number of piperidine rings is 1. The Morgan fingerprint density at radius 1 is 1.03 bits per heavy atom. The minimum Gasteiger partial charge on any atom is -0.494 e. The van der Waals surface area contributed by atoms with Crippen LogP contribution in [0.1, 0.15) is 63.1 Å². The topological polar surface area (TPSA) is 61.8 Å². The number of ether oxygens (including phenoxy) is 1. The van der Waals surface area contributed by atoms with Crippen LogP contribution in [0.4, 0.5) is 0 Å². The predicted octanol–water partition coefficient (Wildman–Crippen LogP) is 4.42. The van der Waals surface area contributed by atoms with Gasteiger partial charge in [0.25, 0.3) is 0 Å². The molecule has 1 aliphatic rings. The molecule has 174 valence electrons. The van der Waals surface area contributed by atoms with Crippen molar-refractivity contribution in [3.63, 3.8) is 0 Å². The van der Waals surface area contributed by atoms with Crippen LogP contribution in [0.2, 0.25) is 0 Å². The number of nitrogens with one attached hydrogen (secondary N) is 1. The molecule has 0 spiro atoms. The fourth-order valence-corrected chi connectivity index (χ4v) is 3.86. The number of hydrogen-bond acceptors (Lipinski definition) is 4. The number of aliphatic hydroxyl groups excluding tert-OH is 1. The largest absolute Gasteiger partial charge is 0.494 e. The van der Waals surface area contributed by atoms with Gasteiger partial charge in [0.15, 0.2) is 0 Å². The molecule has 1 heterocycles. The van der Waals surface area contributed by atoms with Crippen LogP contribution in [0.3, 0.4) is 0 Å². The molecule has 2 aromatic rings. The van der Waals surface area contributed by atoms with E-state index < -0.39 is 0 Å². The first-order valence-corrected chi connectivity index (χ1v) is 11.8. The van der Waals surface area contributed by atoms with Crippen molar-refractivity contribution in [2.24, 2.45) is 0 Å². The summed E-state index contributed by atoms with van der Waals surface area (Å²) < 4.78 is 5.77. The summed E-state index contributed by atoms with van der Waals surface area (Å²) in [5.41, 5.74) is 3.79. The molecular formula is C27H38N2O3. The van der Waals surface area contributed by atoms with E-state index in [4.69, 9.17) is 4.74 Å². The van der Waals surface area contributed by atoms with E-state index in [-0.39, 0.29) is 17.4 Å². The second-order valence-electron chi connectivity index (χ2n) is 9.83. The average Bonchev–Trinajstić information content (AvgIpc) is 2.77. The summed E-state index contributed by atoms with van der Waals surface area (Å²) in [6.45, 7) is 10.5. The summed E-state index contributed by atoms with van der Waals surface area (Å²) in [7, 11) is 0. The summed E-state index contributed by atoms with van der Waals surface area (Å²) in [5.74, 6) is 0.895. The van der Waals surface area contributed by atoms with Crippen molar-refractivity contribution in [1.29, 1.82) is 0 Å². The fourth-order valence-electron chi connectivity index (χ4n) is 3.86. The minimum absolute atomic E-state index is 0.0487. The maximum atomic E-state index is 12.1. The first-order valence-electron chi connectivity index (χ1n) is 11.8. The van der Waals surface area contributed by atoms with Crippen molar-refractivity contribution in [3.8, 4) is 5.75 Å². The van der Waals surface area contributed by atoms with Crippen LogP contribution in [0.5, 0.6) is 5.75 Å². The molecule has 1 saturated heterocycles. The third-order valence-electron chi connectivity index (χ3n) is 6.01. The SMILES string of the molecule is CC(C)(C)c1ccc(OCCCC(=O)NCc2ccc(CN3CCC(O)CC3)cc2)cc1. The van der Waals surface area contributed by atoms with Gasteiger partial charge in [0, 0.05) is 32.6 Å². The van der Waals surface area contributed by atoms with Gasteiger partial charge in [0.1, 0.15) is 5.75 Å². The minimum atomic E-state index is -0.135. The number of amides is 1. The van der Waals surface area contributed by atoms with Gasteiger partial charge in [0.2, 0.25) is 5.91 Å². The van der Waals surface area contributed by atoms with E-state index in [9.17, 15) is 9.90 Å². The Morgan fingerprint density at radius 3 is 2.28 bits per heavy atom. The molecule has 0 aromatic heterocycles. The zero-order chi connectivity index (χ0) is 23.0. The zero-order valence-electron chi connectivity index (χ0n) is 19.8. The number of likely N-dealkylation sites (tertiary alicyclic amines) is 1. The van der Waals surface area contributed by atoms with Crippen LogP contribution in [-0.2, 0) is 23.3 Å². The lowest BCUT2D eigenvalue weighted by atomic mass is 9.87. The van der Waals surface area contributed by atoms with E-state index in [0.717, 1.165) is 43.8 Å². The first-order chi connectivity index (χ1) is 15.3. The predicted molar refractivity (Wildman–Crippen MR) is 129 cm³/mol. The molecule has 1 aliphatic heterocycles. The molecule has 0 saturated carbocycles. The number of aliphatic hydroxyl groups is 1. The molecule has 32 heavy (non-hydrogen) atoms. The Kier molecular flexibility index (Phi) is 8.71. The Bertz CT molecular complexity index is 833. The normalized spacial score (nSPS) is 15.5. The van der Waals surface area contributed by atoms with E-state index in [0.29, 0.717) is 26.0 Å². The van der Waals surface area contributed by atoms with E-state index in [1.54, 1.807) is 0 Å². The van der Waals surface area contributed by atoms with Crippen molar-refractivity contribution in [2.75, 3.05) is 19.7 Å². The molecular weight excluding hydrogens is 400 g/mol. The Labute approximate surface area is 192 Å². The fraction of sp³-hybridized carbons (Fsp3) is 0.519. The number of rotatable bonds is 9. The van der Waals surface area contributed by atoms with Gasteiger partial charge >= 0.3 is 0 Å². The highest BCUT2D eigenvalue weighted by Gasteiger charge is 2.17. The lowest BCUT2D eigenvalue weighted by Crippen LogP contribution is -2.35. The van der Waals surface area contributed by atoms with Crippen LogP contribution in [0.25, 0.3) is 0 Å². The third kappa shape index (κ3) is 7.95. The van der Waals surface area contributed by atoms with Gasteiger partial charge in [-0.2, -0.15) is 0 Å². The Hall–Kier alpha value is -2.37. The Balaban J connectivity index is 1.31. The zero-order valence-corrected chi connectivity index (χ0v) is 19.8. The van der Waals surface area contributed by atoms with Gasteiger partial charge < -0.3 is 15.2 Å². The highest BCUT2D eigenvalue weighted by atomic mass is 16.5. The molecule has 5 heteroatoms. The monoisotopic (exact) mass is 438 g/mol. The summed E-state index contributed by atoms with van der Waals surface area (Å²) in [6, 6.07) is 16.6. The molecule has 2 N–H and O–H groups in total. The molecule has 0 radical (unpaired) electrons. The lowest BCUT2D eigenvalue weighted by Gasteiger charge is -2.29. The van der Waals surface area contributed by atoms with E-state index in [2.05, 4.69) is 67.4 Å². The third-order valence-corrected chi connectivity index (χ3v) is 6.01. The van der Waals surface area contributed by atoms with Gasteiger partial charge in [-0.3, -0.25) is 9.69 Å². The van der Waals surface area contributed by atoms with Crippen molar-refractivity contribution < 1.29 is 14.6 Å².